The van der Waals surface area contributed by atoms with Gasteiger partial charge in [-0.05, 0) is 24.5 Å². The van der Waals surface area contributed by atoms with Crippen molar-refractivity contribution >= 4 is 25.6 Å². The first-order valence-corrected chi connectivity index (χ1v) is 8.24. The van der Waals surface area contributed by atoms with E-state index in [0.717, 1.165) is 12.5 Å². The fourth-order valence-electron chi connectivity index (χ4n) is 2.15. The topological polar surface area (TPSA) is 54.5 Å². The zero-order valence-corrected chi connectivity index (χ0v) is 12.1. The molecule has 20 heavy (non-hydrogen) atoms. The maximum Gasteiger partial charge on any atom is 0.261 e. The molecule has 0 bridgehead atoms. The van der Waals surface area contributed by atoms with Gasteiger partial charge in [0.15, 0.2) is 11.6 Å². The smallest absolute Gasteiger partial charge is 0.261 e. The maximum atomic E-state index is 13.7. The molecule has 8 heteroatoms. The van der Waals surface area contributed by atoms with Gasteiger partial charge in [0.05, 0.1) is 10.5 Å². The molecule has 1 aromatic rings. The van der Waals surface area contributed by atoms with E-state index in [1.54, 1.807) is 0 Å². The number of carbonyl (C=O) groups excluding carboxylic acids is 1. The molecule has 1 atom stereocenters. The van der Waals surface area contributed by atoms with E-state index in [2.05, 4.69) is 0 Å². The number of hydrogen-bond donors (Lipinski definition) is 0. The van der Waals surface area contributed by atoms with Crippen LogP contribution < -0.4 is 0 Å². The van der Waals surface area contributed by atoms with Crippen LogP contribution in [-0.4, -0.2) is 32.3 Å². The highest BCUT2D eigenvalue weighted by molar-refractivity contribution is 8.13. The average Bonchev–Trinajstić information content (AvgIpc) is 2.77. The number of likely N-dealkylation sites (tertiary alicyclic amines) is 1. The Labute approximate surface area is 119 Å². The summed E-state index contributed by atoms with van der Waals surface area (Å²) in [6.45, 7) is 2.79. The molecule has 0 saturated carbocycles. The molecule has 0 aliphatic carbocycles. The molecule has 1 amide bonds. The second kappa shape index (κ2) is 5.29. The zero-order chi connectivity index (χ0) is 15.1. The van der Waals surface area contributed by atoms with E-state index in [4.69, 9.17) is 10.7 Å². The van der Waals surface area contributed by atoms with Crippen molar-refractivity contribution in [2.24, 2.45) is 5.92 Å². The third-order valence-electron chi connectivity index (χ3n) is 3.22. The predicted molar refractivity (Wildman–Crippen MR) is 69.1 cm³/mol. The predicted octanol–water partition coefficient (Wildman–Crippen LogP) is 2.37. The van der Waals surface area contributed by atoms with Gasteiger partial charge in [0, 0.05) is 23.8 Å². The quantitative estimate of drug-likeness (QED) is 0.785. The lowest BCUT2D eigenvalue weighted by Gasteiger charge is -2.16. The minimum atomic E-state index is -4.24. The molecule has 1 aliphatic heterocycles. The highest BCUT2D eigenvalue weighted by atomic mass is 35.7. The van der Waals surface area contributed by atoms with Crippen molar-refractivity contribution in [3.05, 3.63) is 29.3 Å². The van der Waals surface area contributed by atoms with Gasteiger partial charge in [-0.3, -0.25) is 4.79 Å². The van der Waals surface area contributed by atoms with E-state index in [9.17, 15) is 22.0 Å². The monoisotopic (exact) mass is 323 g/mol. The van der Waals surface area contributed by atoms with Gasteiger partial charge in [0.1, 0.15) is 0 Å². The second-order valence-electron chi connectivity index (χ2n) is 4.85. The summed E-state index contributed by atoms with van der Waals surface area (Å²) in [7, 11) is 0.863. The van der Waals surface area contributed by atoms with Crippen LogP contribution in [0.1, 0.15) is 23.7 Å². The molecule has 0 N–H and O–H groups in total. The van der Waals surface area contributed by atoms with E-state index in [-0.39, 0.29) is 5.92 Å². The lowest BCUT2D eigenvalue weighted by molar-refractivity contribution is 0.0782. The van der Waals surface area contributed by atoms with Crippen molar-refractivity contribution in [1.82, 2.24) is 4.90 Å². The number of halogens is 3. The SMILES string of the molecule is CC1CCN(C(=O)c2cc(S(=O)(=O)Cl)cc(F)c2F)C1. The fourth-order valence-corrected chi connectivity index (χ4v) is 2.92. The molecule has 0 radical (unpaired) electrons. The summed E-state index contributed by atoms with van der Waals surface area (Å²) >= 11 is 0. The standard InChI is InChI=1S/C12H12ClF2NO3S/c1-7-2-3-16(6-7)12(17)9-4-8(20(13,18)19)5-10(14)11(9)15/h4-5,7H,2-3,6H2,1H3. The number of hydrogen-bond acceptors (Lipinski definition) is 3. The Hall–Kier alpha value is -1.21. The molecule has 110 valence electrons. The summed E-state index contributed by atoms with van der Waals surface area (Å²) in [4.78, 5) is 12.9. The largest absolute Gasteiger partial charge is 0.338 e. The van der Waals surface area contributed by atoms with Crippen LogP contribution >= 0.6 is 10.7 Å². The van der Waals surface area contributed by atoms with Gasteiger partial charge >= 0.3 is 0 Å². The first-order valence-electron chi connectivity index (χ1n) is 5.93. The van der Waals surface area contributed by atoms with Gasteiger partial charge in [0.25, 0.3) is 15.0 Å². The summed E-state index contributed by atoms with van der Waals surface area (Å²) in [5, 5.41) is 0. The summed E-state index contributed by atoms with van der Waals surface area (Å²) in [6, 6.07) is 1.23. The first kappa shape index (κ1) is 15.2. The van der Waals surface area contributed by atoms with Crippen LogP contribution in [0.4, 0.5) is 8.78 Å². The minimum absolute atomic E-state index is 0.270. The van der Waals surface area contributed by atoms with E-state index < -0.39 is 37.1 Å². The molecule has 1 aliphatic rings. The Morgan fingerprint density at radius 2 is 2.05 bits per heavy atom. The minimum Gasteiger partial charge on any atom is -0.338 e. The number of nitrogens with zero attached hydrogens (tertiary/aromatic N) is 1. The van der Waals surface area contributed by atoms with Crippen molar-refractivity contribution in [1.29, 1.82) is 0 Å². The number of amides is 1. The van der Waals surface area contributed by atoms with Crippen LogP contribution in [0.2, 0.25) is 0 Å². The van der Waals surface area contributed by atoms with Gasteiger partial charge in [-0.15, -0.1) is 0 Å². The Morgan fingerprint density at radius 3 is 2.55 bits per heavy atom. The summed E-state index contributed by atoms with van der Waals surface area (Å²) in [5.41, 5.74) is -0.613. The van der Waals surface area contributed by atoms with Crippen molar-refractivity contribution < 1.29 is 22.0 Å². The summed E-state index contributed by atoms with van der Waals surface area (Å²) < 4.78 is 49.5. The molecule has 1 unspecified atom stereocenters. The van der Waals surface area contributed by atoms with Crippen LogP contribution in [-0.2, 0) is 9.05 Å². The third-order valence-corrected chi connectivity index (χ3v) is 4.56. The number of rotatable bonds is 2. The molecule has 1 saturated heterocycles. The van der Waals surface area contributed by atoms with E-state index in [1.165, 1.54) is 4.90 Å². The molecule has 1 fully saturated rings. The molecular formula is C12H12ClF2NO3S. The van der Waals surface area contributed by atoms with Crippen LogP contribution in [0.5, 0.6) is 0 Å². The second-order valence-corrected chi connectivity index (χ2v) is 7.42. The summed E-state index contributed by atoms with van der Waals surface area (Å²) in [6.07, 6.45) is 0.767. The zero-order valence-electron chi connectivity index (χ0n) is 10.6. The van der Waals surface area contributed by atoms with Gasteiger partial charge in [-0.25, -0.2) is 17.2 Å². The van der Waals surface area contributed by atoms with Crippen LogP contribution in [0, 0.1) is 17.6 Å². The maximum absolute atomic E-state index is 13.7. The lowest BCUT2D eigenvalue weighted by atomic mass is 10.1. The molecule has 1 aromatic carbocycles. The van der Waals surface area contributed by atoms with Crippen molar-refractivity contribution in [3.63, 3.8) is 0 Å². The van der Waals surface area contributed by atoms with Crippen molar-refractivity contribution in [2.45, 2.75) is 18.2 Å². The van der Waals surface area contributed by atoms with Gasteiger partial charge in [-0.1, -0.05) is 6.92 Å². The lowest BCUT2D eigenvalue weighted by Crippen LogP contribution is -2.29. The van der Waals surface area contributed by atoms with Crippen LogP contribution in [0.25, 0.3) is 0 Å². The molecule has 2 rings (SSSR count). The average molecular weight is 324 g/mol. The Bertz CT molecular complexity index is 663. The normalized spacial score (nSPS) is 19.4. The van der Waals surface area contributed by atoms with Crippen molar-refractivity contribution in [3.8, 4) is 0 Å². The van der Waals surface area contributed by atoms with E-state index in [1.807, 2.05) is 6.92 Å². The molecule has 0 aromatic heterocycles. The Balaban J connectivity index is 2.45. The van der Waals surface area contributed by atoms with Crippen LogP contribution in [0.15, 0.2) is 17.0 Å². The van der Waals surface area contributed by atoms with Gasteiger partial charge in [0.2, 0.25) is 0 Å². The first-order chi connectivity index (χ1) is 9.20. The molecular weight excluding hydrogens is 312 g/mol. The van der Waals surface area contributed by atoms with Crippen molar-refractivity contribution in [2.75, 3.05) is 13.1 Å². The van der Waals surface area contributed by atoms with Gasteiger partial charge < -0.3 is 4.90 Å². The number of carbonyl (C=O) groups is 1. The summed E-state index contributed by atoms with van der Waals surface area (Å²) in [5.74, 6) is -3.24. The highest BCUT2D eigenvalue weighted by Gasteiger charge is 2.28. The molecule has 4 nitrogen and oxygen atoms in total. The number of benzene rings is 1. The fraction of sp³-hybridized carbons (Fsp3) is 0.417. The van der Waals surface area contributed by atoms with Gasteiger partial charge in [-0.2, -0.15) is 0 Å². The third kappa shape index (κ3) is 2.93. The van der Waals surface area contributed by atoms with E-state index in [0.29, 0.717) is 19.2 Å². The Morgan fingerprint density at radius 1 is 1.40 bits per heavy atom. The Kier molecular flexibility index (Phi) is 4.02. The van der Waals surface area contributed by atoms with E-state index >= 15 is 0 Å². The van der Waals surface area contributed by atoms with Crippen LogP contribution in [0.3, 0.4) is 0 Å². The highest BCUT2D eigenvalue weighted by Crippen LogP contribution is 2.25. The molecule has 1 heterocycles. The molecule has 0 spiro atoms.